The van der Waals surface area contributed by atoms with Gasteiger partial charge in [-0.3, -0.25) is 9.79 Å². The standard InChI is InChI=1S/C19H20FN3O3S/c1-2-12-9-13(16-11-22-17-10-14(20)4-5-15(16)17)3-6-18(12)27(25,26)23-8-7-19(21)24/h3-6,9,11,23H,2,7-8,10H2,1H3,(H2,21,24). The lowest BCUT2D eigenvalue weighted by atomic mass is 9.91. The molecule has 0 saturated carbocycles. The minimum absolute atomic E-state index is 0.0459. The zero-order valence-corrected chi connectivity index (χ0v) is 15.6. The third-order valence-corrected chi connectivity index (χ3v) is 5.98. The number of aliphatic imine (C=N–C) groups is 1. The number of amides is 1. The Kier molecular flexibility index (Phi) is 5.38. The zero-order chi connectivity index (χ0) is 19.6. The second kappa shape index (κ2) is 7.58. The Balaban J connectivity index is 1.89. The van der Waals surface area contributed by atoms with E-state index in [0.717, 1.165) is 16.7 Å². The molecule has 0 spiro atoms. The van der Waals surface area contributed by atoms with Crippen molar-refractivity contribution in [2.45, 2.75) is 31.1 Å². The van der Waals surface area contributed by atoms with Gasteiger partial charge in [0, 0.05) is 36.7 Å². The topological polar surface area (TPSA) is 102 Å². The number of allylic oxidation sites excluding steroid dienone is 5. The van der Waals surface area contributed by atoms with Crippen LogP contribution in [0, 0.1) is 0 Å². The predicted octanol–water partition coefficient (Wildman–Crippen LogP) is 2.38. The molecular weight excluding hydrogens is 369 g/mol. The molecular formula is C19H20FN3O3S. The summed E-state index contributed by atoms with van der Waals surface area (Å²) >= 11 is 0. The number of nitrogens with one attached hydrogen (secondary N) is 1. The first-order chi connectivity index (χ1) is 12.8. The molecule has 3 N–H and O–H groups in total. The second-order valence-electron chi connectivity index (χ2n) is 6.28. The molecule has 8 heteroatoms. The molecule has 1 aromatic rings. The highest BCUT2D eigenvalue weighted by Crippen LogP contribution is 2.35. The molecule has 27 heavy (non-hydrogen) atoms. The van der Waals surface area contributed by atoms with Gasteiger partial charge in [0.15, 0.2) is 0 Å². The van der Waals surface area contributed by atoms with E-state index in [-0.39, 0.29) is 30.1 Å². The Labute approximate surface area is 157 Å². The number of carbonyl (C=O) groups is 1. The van der Waals surface area contributed by atoms with Gasteiger partial charge in [-0.1, -0.05) is 13.0 Å². The van der Waals surface area contributed by atoms with E-state index in [1.54, 1.807) is 24.4 Å². The number of hydrogen-bond acceptors (Lipinski definition) is 4. The fraction of sp³-hybridized carbons (Fsp3) is 0.263. The summed E-state index contributed by atoms with van der Waals surface area (Å²) in [6, 6.07) is 5.06. The highest BCUT2D eigenvalue weighted by Gasteiger charge is 2.24. The van der Waals surface area contributed by atoms with Gasteiger partial charge in [-0.2, -0.15) is 0 Å². The van der Waals surface area contributed by atoms with Crippen LogP contribution in [0.3, 0.4) is 0 Å². The Morgan fingerprint density at radius 2 is 2.07 bits per heavy atom. The molecule has 0 atom stereocenters. The summed E-state index contributed by atoms with van der Waals surface area (Å²) in [7, 11) is -3.75. The van der Waals surface area contributed by atoms with Crippen LogP contribution in [0.4, 0.5) is 4.39 Å². The van der Waals surface area contributed by atoms with E-state index in [9.17, 15) is 17.6 Å². The van der Waals surface area contributed by atoms with Crippen LogP contribution in [0.5, 0.6) is 0 Å². The van der Waals surface area contributed by atoms with Crippen LogP contribution in [0.1, 0.15) is 30.9 Å². The Bertz CT molecular complexity index is 1020. The highest BCUT2D eigenvalue weighted by atomic mass is 32.2. The minimum atomic E-state index is -3.75. The second-order valence-corrected chi connectivity index (χ2v) is 8.01. The molecule has 0 saturated heterocycles. The third kappa shape index (κ3) is 4.06. The number of benzene rings is 1. The Hall–Kier alpha value is -2.58. The van der Waals surface area contributed by atoms with Gasteiger partial charge in [0.05, 0.1) is 10.6 Å². The molecule has 0 bridgehead atoms. The van der Waals surface area contributed by atoms with E-state index >= 15 is 0 Å². The van der Waals surface area contributed by atoms with Crippen molar-refractivity contribution >= 4 is 27.2 Å². The van der Waals surface area contributed by atoms with Crippen LogP contribution in [-0.2, 0) is 21.2 Å². The van der Waals surface area contributed by atoms with E-state index in [1.165, 1.54) is 6.08 Å². The van der Waals surface area contributed by atoms with E-state index < -0.39 is 15.9 Å². The van der Waals surface area contributed by atoms with Crippen molar-refractivity contribution in [2.24, 2.45) is 10.7 Å². The van der Waals surface area contributed by atoms with Crippen molar-refractivity contribution in [1.82, 2.24) is 4.72 Å². The smallest absolute Gasteiger partial charge is 0.240 e. The molecule has 1 aliphatic heterocycles. The van der Waals surface area contributed by atoms with E-state index in [1.807, 2.05) is 13.0 Å². The van der Waals surface area contributed by atoms with Crippen LogP contribution in [-0.4, -0.2) is 26.6 Å². The third-order valence-electron chi connectivity index (χ3n) is 4.42. The first-order valence-electron chi connectivity index (χ1n) is 8.57. The van der Waals surface area contributed by atoms with Crippen molar-refractivity contribution in [3.05, 3.63) is 59.1 Å². The van der Waals surface area contributed by atoms with Crippen LogP contribution in [0.15, 0.2) is 57.8 Å². The zero-order valence-electron chi connectivity index (χ0n) is 14.8. The van der Waals surface area contributed by atoms with E-state index in [0.29, 0.717) is 17.7 Å². The fourth-order valence-electron chi connectivity index (χ4n) is 3.06. The predicted molar refractivity (Wildman–Crippen MR) is 102 cm³/mol. The molecule has 0 unspecified atom stereocenters. The number of carbonyl (C=O) groups excluding carboxylic acids is 1. The van der Waals surface area contributed by atoms with Gasteiger partial charge in [0.2, 0.25) is 15.9 Å². The van der Waals surface area contributed by atoms with Crippen molar-refractivity contribution < 1.29 is 17.6 Å². The number of nitrogens with zero attached hydrogens (tertiary/aromatic N) is 1. The summed E-state index contributed by atoms with van der Waals surface area (Å²) in [5.74, 6) is -0.802. The first-order valence-corrected chi connectivity index (χ1v) is 10.1. The normalized spacial score (nSPS) is 16.2. The van der Waals surface area contributed by atoms with Gasteiger partial charge in [0.25, 0.3) is 0 Å². The summed E-state index contributed by atoms with van der Waals surface area (Å²) < 4.78 is 40.9. The molecule has 2 aliphatic rings. The largest absolute Gasteiger partial charge is 0.370 e. The van der Waals surface area contributed by atoms with Gasteiger partial charge in [-0.05, 0) is 41.8 Å². The van der Waals surface area contributed by atoms with Crippen LogP contribution < -0.4 is 10.5 Å². The summed E-state index contributed by atoms with van der Waals surface area (Å²) in [6.45, 7) is 1.82. The molecule has 0 fully saturated rings. The highest BCUT2D eigenvalue weighted by molar-refractivity contribution is 7.89. The Morgan fingerprint density at radius 3 is 2.78 bits per heavy atom. The van der Waals surface area contributed by atoms with Gasteiger partial charge in [-0.25, -0.2) is 17.5 Å². The lowest BCUT2D eigenvalue weighted by Crippen LogP contribution is -2.28. The summed E-state index contributed by atoms with van der Waals surface area (Å²) in [5.41, 5.74) is 8.88. The quantitative estimate of drug-likeness (QED) is 0.748. The van der Waals surface area contributed by atoms with Gasteiger partial charge in [0.1, 0.15) is 5.83 Å². The van der Waals surface area contributed by atoms with Gasteiger partial charge in [-0.15, -0.1) is 0 Å². The van der Waals surface area contributed by atoms with Crippen molar-refractivity contribution in [3.63, 3.8) is 0 Å². The Morgan fingerprint density at radius 1 is 1.30 bits per heavy atom. The van der Waals surface area contributed by atoms with Crippen molar-refractivity contribution in [3.8, 4) is 0 Å². The molecule has 1 aromatic carbocycles. The maximum Gasteiger partial charge on any atom is 0.240 e. The molecule has 0 radical (unpaired) electrons. The summed E-state index contributed by atoms with van der Waals surface area (Å²) in [4.78, 5) is 15.3. The monoisotopic (exact) mass is 389 g/mol. The summed E-state index contributed by atoms with van der Waals surface area (Å²) in [5, 5.41) is 0. The van der Waals surface area contributed by atoms with E-state index in [2.05, 4.69) is 9.71 Å². The fourth-order valence-corrected chi connectivity index (χ4v) is 4.38. The molecule has 3 rings (SSSR count). The number of sulfonamides is 1. The lowest BCUT2D eigenvalue weighted by molar-refractivity contribution is -0.117. The molecule has 0 aromatic heterocycles. The summed E-state index contributed by atoms with van der Waals surface area (Å²) in [6.07, 6.45) is 5.41. The average Bonchev–Trinajstić information content (AvgIpc) is 3.03. The first kappa shape index (κ1) is 19.2. The molecule has 142 valence electrons. The maximum absolute atomic E-state index is 13.4. The van der Waals surface area contributed by atoms with Crippen molar-refractivity contribution in [2.75, 3.05) is 6.54 Å². The SMILES string of the molecule is CCc1cc(C2=CN=C3CC(F)=CC=C23)ccc1S(=O)(=O)NCCC(N)=O. The number of aryl methyl sites for hydroxylation is 1. The maximum atomic E-state index is 13.4. The van der Waals surface area contributed by atoms with Crippen LogP contribution in [0.2, 0.25) is 0 Å². The average molecular weight is 389 g/mol. The number of rotatable bonds is 7. The lowest BCUT2D eigenvalue weighted by Gasteiger charge is -2.15. The van der Waals surface area contributed by atoms with Gasteiger partial charge >= 0.3 is 0 Å². The van der Waals surface area contributed by atoms with Crippen LogP contribution in [0.25, 0.3) is 5.57 Å². The molecule has 1 amide bonds. The number of halogens is 1. The van der Waals surface area contributed by atoms with Crippen molar-refractivity contribution in [1.29, 1.82) is 0 Å². The number of fused-ring (bicyclic) bond motifs is 1. The van der Waals surface area contributed by atoms with Crippen LogP contribution >= 0.6 is 0 Å². The van der Waals surface area contributed by atoms with E-state index in [4.69, 9.17) is 5.73 Å². The minimum Gasteiger partial charge on any atom is -0.370 e. The van der Waals surface area contributed by atoms with Gasteiger partial charge < -0.3 is 5.73 Å². The number of nitrogens with two attached hydrogens (primary N) is 1. The number of primary amides is 1. The number of hydrogen-bond donors (Lipinski definition) is 2. The molecule has 6 nitrogen and oxygen atoms in total. The molecule has 1 heterocycles. The molecule has 1 aliphatic carbocycles.